The van der Waals surface area contributed by atoms with Gasteiger partial charge in [0.25, 0.3) is 0 Å². The number of aromatic nitrogens is 2. The first-order chi connectivity index (χ1) is 8.72. The van der Waals surface area contributed by atoms with Crippen molar-refractivity contribution < 1.29 is 0 Å². The molecule has 0 aliphatic rings. The molecular formula is C14H18ClN3. The second-order valence-corrected chi connectivity index (χ2v) is 4.75. The molecule has 0 radical (unpaired) electrons. The Morgan fingerprint density at radius 2 is 2.22 bits per heavy atom. The predicted molar refractivity (Wildman–Crippen MR) is 76.0 cm³/mol. The van der Waals surface area contributed by atoms with Crippen molar-refractivity contribution in [3.8, 4) is 0 Å². The normalized spacial score (nSPS) is 10.6. The highest BCUT2D eigenvalue weighted by Gasteiger charge is 2.04. The smallest absolute Gasteiger partial charge is 0.0948 e. The molecule has 0 saturated heterocycles. The summed E-state index contributed by atoms with van der Waals surface area (Å²) in [7, 11) is 0. The number of hydrogen-bond acceptors (Lipinski definition) is 2. The lowest BCUT2D eigenvalue weighted by Crippen LogP contribution is -2.07. The Balaban J connectivity index is 2.07. The van der Waals surface area contributed by atoms with Crippen molar-refractivity contribution in [2.45, 2.75) is 33.4 Å². The Morgan fingerprint density at radius 1 is 1.39 bits per heavy atom. The van der Waals surface area contributed by atoms with E-state index < -0.39 is 0 Å². The van der Waals surface area contributed by atoms with E-state index in [0.29, 0.717) is 0 Å². The minimum atomic E-state index is 0.765. The lowest BCUT2D eigenvalue weighted by Gasteiger charge is -2.12. The average molecular weight is 264 g/mol. The first kappa shape index (κ1) is 13.0. The topological polar surface area (TPSA) is 29.9 Å². The van der Waals surface area contributed by atoms with Crippen LogP contribution in [0, 0.1) is 6.92 Å². The summed E-state index contributed by atoms with van der Waals surface area (Å²) in [6.45, 7) is 5.96. The molecule has 0 spiro atoms. The molecule has 0 unspecified atom stereocenters. The van der Waals surface area contributed by atoms with Crippen molar-refractivity contribution in [1.82, 2.24) is 9.55 Å². The number of nitrogens with zero attached hydrogens (tertiary/aromatic N) is 2. The van der Waals surface area contributed by atoms with Gasteiger partial charge >= 0.3 is 0 Å². The number of aryl methyl sites for hydroxylation is 1. The maximum atomic E-state index is 6.10. The fraction of sp³-hybridized carbons (Fsp3) is 0.357. The molecule has 2 aromatic rings. The molecule has 18 heavy (non-hydrogen) atoms. The molecule has 0 fully saturated rings. The van der Waals surface area contributed by atoms with Crippen LogP contribution in [0.5, 0.6) is 0 Å². The first-order valence-electron chi connectivity index (χ1n) is 6.20. The SMILES string of the molecule is CCCn1cncc1CNc1cccc(Cl)c1C. The Morgan fingerprint density at radius 3 is 3.00 bits per heavy atom. The monoisotopic (exact) mass is 263 g/mol. The molecule has 0 bridgehead atoms. The molecule has 0 saturated carbocycles. The summed E-state index contributed by atoms with van der Waals surface area (Å²) in [4.78, 5) is 4.19. The van der Waals surface area contributed by atoms with Gasteiger partial charge < -0.3 is 9.88 Å². The van der Waals surface area contributed by atoms with Crippen molar-refractivity contribution in [3.05, 3.63) is 47.0 Å². The van der Waals surface area contributed by atoms with E-state index >= 15 is 0 Å². The van der Waals surface area contributed by atoms with Crippen LogP contribution in [0.25, 0.3) is 0 Å². The number of imidazole rings is 1. The second-order valence-electron chi connectivity index (χ2n) is 4.34. The number of rotatable bonds is 5. The molecule has 0 aliphatic heterocycles. The van der Waals surface area contributed by atoms with Crippen molar-refractivity contribution in [1.29, 1.82) is 0 Å². The van der Waals surface area contributed by atoms with Crippen LogP contribution in [-0.2, 0) is 13.1 Å². The number of benzene rings is 1. The van der Waals surface area contributed by atoms with Crippen LogP contribution in [0.15, 0.2) is 30.7 Å². The van der Waals surface area contributed by atoms with Crippen LogP contribution in [0.3, 0.4) is 0 Å². The summed E-state index contributed by atoms with van der Waals surface area (Å²) in [6, 6.07) is 5.91. The first-order valence-corrected chi connectivity index (χ1v) is 6.58. The van der Waals surface area contributed by atoms with Gasteiger partial charge in [-0.25, -0.2) is 4.98 Å². The molecule has 0 aliphatic carbocycles. The number of nitrogens with one attached hydrogen (secondary N) is 1. The molecule has 1 N–H and O–H groups in total. The van der Waals surface area contributed by atoms with E-state index in [4.69, 9.17) is 11.6 Å². The Labute approximate surface area is 113 Å². The fourth-order valence-corrected chi connectivity index (χ4v) is 2.10. The van der Waals surface area contributed by atoms with Gasteiger partial charge in [-0.15, -0.1) is 0 Å². The second kappa shape index (κ2) is 5.91. The number of halogens is 1. The highest BCUT2D eigenvalue weighted by atomic mass is 35.5. The standard InChI is InChI=1S/C14H18ClN3/c1-3-7-18-10-16-8-12(18)9-17-14-6-4-5-13(15)11(14)2/h4-6,8,10,17H,3,7,9H2,1-2H3. The minimum Gasteiger partial charge on any atom is -0.379 e. The zero-order valence-electron chi connectivity index (χ0n) is 10.8. The molecule has 0 amide bonds. The molecule has 1 aromatic heterocycles. The maximum absolute atomic E-state index is 6.10. The van der Waals surface area contributed by atoms with Crippen LogP contribution in [0.2, 0.25) is 5.02 Å². The van der Waals surface area contributed by atoms with Gasteiger partial charge in [-0.05, 0) is 31.0 Å². The van der Waals surface area contributed by atoms with E-state index in [-0.39, 0.29) is 0 Å². The van der Waals surface area contributed by atoms with E-state index in [2.05, 4.69) is 21.8 Å². The molecular weight excluding hydrogens is 246 g/mol. The van der Waals surface area contributed by atoms with Crippen LogP contribution in [0.1, 0.15) is 24.6 Å². The van der Waals surface area contributed by atoms with Gasteiger partial charge in [0.15, 0.2) is 0 Å². The fourth-order valence-electron chi connectivity index (χ4n) is 1.92. The third-order valence-electron chi connectivity index (χ3n) is 2.99. The van der Waals surface area contributed by atoms with Crippen molar-refractivity contribution in [2.24, 2.45) is 0 Å². The van der Waals surface area contributed by atoms with Crippen LogP contribution in [0.4, 0.5) is 5.69 Å². The van der Waals surface area contributed by atoms with Crippen LogP contribution in [-0.4, -0.2) is 9.55 Å². The van der Waals surface area contributed by atoms with E-state index in [1.54, 1.807) is 0 Å². The lowest BCUT2D eigenvalue weighted by atomic mass is 10.2. The zero-order valence-corrected chi connectivity index (χ0v) is 11.5. The van der Waals surface area contributed by atoms with Gasteiger partial charge in [0.05, 0.1) is 18.6 Å². The van der Waals surface area contributed by atoms with Crippen molar-refractivity contribution in [2.75, 3.05) is 5.32 Å². The maximum Gasteiger partial charge on any atom is 0.0948 e. The molecule has 0 atom stereocenters. The third kappa shape index (κ3) is 2.85. The molecule has 2 rings (SSSR count). The quantitative estimate of drug-likeness (QED) is 0.888. The van der Waals surface area contributed by atoms with Gasteiger partial charge in [0.2, 0.25) is 0 Å². The van der Waals surface area contributed by atoms with Crippen molar-refractivity contribution >= 4 is 17.3 Å². The molecule has 4 heteroatoms. The predicted octanol–water partition coefficient (Wildman–Crippen LogP) is 3.87. The number of hydrogen-bond donors (Lipinski definition) is 1. The highest BCUT2D eigenvalue weighted by molar-refractivity contribution is 6.31. The molecule has 1 heterocycles. The van der Waals surface area contributed by atoms with E-state index in [9.17, 15) is 0 Å². The van der Waals surface area contributed by atoms with Crippen molar-refractivity contribution in [3.63, 3.8) is 0 Å². The van der Waals surface area contributed by atoms with Gasteiger partial charge in [-0.1, -0.05) is 24.6 Å². The lowest BCUT2D eigenvalue weighted by molar-refractivity contribution is 0.651. The van der Waals surface area contributed by atoms with Crippen LogP contribution >= 0.6 is 11.6 Å². The van der Waals surface area contributed by atoms with Crippen LogP contribution < -0.4 is 5.32 Å². The van der Waals surface area contributed by atoms with Gasteiger partial charge in [-0.2, -0.15) is 0 Å². The van der Waals surface area contributed by atoms with E-state index in [1.165, 1.54) is 5.69 Å². The summed E-state index contributed by atoms with van der Waals surface area (Å²) in [6.07, 6.45) is 4.90. The zero-order chi connectivity index (χ0) is 13.0. The summed E-state index contributed by atoms with van der Waals surface area (Å²) >= 11 is 6.10. The molecule has 1 aromatic carbocycles. The molecule has 3 nitrogen and oxygen atoms in total. The summed E-state index contributed by atoms with van der Waals surface area (Å²) in [5.41, 5.74) is 3.35. The van der Waals surface area contributed by atoms with Gasteiger partial charge in [0, 0.05) is 23.5 Å². The number of anilines is 1. The molecule has 96 valence electrons. The van der Waals surface area contributed by atoms with E-state index in [0.717, 1.165) is 35.8 Å². The minimum absolute atomic E-state index is 0.765. The third-order valence-corrected chi connectivity index (χ3v) is 3.40. The highest BCUT2D eigenvalue weighted by Crippen LogP contribution is 2.23. The Bertz CT molecular complexity index is 520. The summed E-state index contributed by atoms with van der Waals surface area (Å²) in [5, 5.41) is 4.20. The largest absolute Gasteiger partial charge is 0.379 e. The van der Waals surface area contributed by atoms with Gasteiger partial charge in [0.1, 0.15) is 0 Å². The summed E-state index contributed by atoms with van der Waals surface area (Å²) in [5.74, 6) is 0. The average Bonchev–Trinajstić information content (AvgIpc) is 2.79. The van der Waals surface area contributed by atoms with E-state index in [1.807, 2.05) is 37.6 Å². The summed E-state index contributed by atoms with van der Waals surface area (Å²) < 4.78 is 2.17. The Kier molecular flexibility index (Phi) is 4.26. The Hall–Kier alpha value is -1.48. The van der Waals surface area contributed by atoms with Gasteiger partial charge in [-0.3, -0.25) is 0 Å².